The first-order valence-electron chi connectivity index (χ1n) is 8.41. The van der Waals surface area contributed by atoms with Crippen LogP contribution in [0.15, 0.2) is 29.2 Å². The molecule has 1 rings (SSSR count). The standard InChI is InChI=1S/C17H29N3O3S/c1-6-18-17(21)14(5)19-13(4)15-9-11-16(12-10-15)24(22,23)20(7-2)8-3/h9-14,19H,6-8H2,1-5H3,(H,18,21)/t13-,14+/m0/s1. The monoisotopic (exact) mass is 355 g/mol. The van der Waals surface area contributed by atoms with Crippen LogP contribution in [0, 0.1) is 0 Å². The molecule has 0 aliphatic rings. The average molecular weight is 356 g/mol. The molecule has 0 saturated heterocycles. The molecule has 0 unspecified atom stereocenters. The minimum absolute atomic E-state index is 0.0509. The molecule has 0 bridgehead atoms. The highest BCUT2D eigenvalue weighted by Crippen LogP contribution is 2.19. The van der Waals surface area contributed by atoms with Gasteiger partial charge in [0.05, 0.1) is 10.9 Å². The van der Waals surface area contributed by atoms with Crippen LogP contribution in [0.3, 0.4) is 0 Å². The fourth-order valence-corrected chi connectivity index (χ4v) is 3.97. The summed E-state index contributed by atoms with van der Waals surface area (Å²) in [6.45, 7) is 10.8. The lowest BCUT2D eigenvalue weighted by Gasteiger charge is -2.21. The smallest absolute Gasteiger partial charge is 0.243 e. The lowest BCUT2D eigenvalue weighted by molar-refractivity contribution is -0.122. The highest BCUT2D eigenvalue weighted by molar-refractivity contribution is 7.89. The topological polar surface area (TPSA) is 78.5 Å². The number of amides is 1. The molecule has 24 heavy (non-hydrogen) atoms. The van der Waals surface area contributed by atoms with Gasteiger partial charge < -0.3 is 5.32 Å². The molecule has 1 amide bonds. The van der Waals surface area contributed by atoms with Crippen LogP contribution in [0.2, 0.25) is 0 Å². The Labute approximate surface area is 145 Å². The van der Waals surface area contributed by atoms with Crippen molar-refractivity contribution >= 4 is 15.9 Å². The molecule has 0 heterocycles. The van der Waals surface area contributed by atoms with Crippen LogP contribution in [-0.2, 0) is 14.8 Å². The third kappa shape index (κ3) is 5.03. The van der Waals surface area contributed by atoms with Gasteiger partial charge in [-0.15, -0.1) is 0 Å². The predicted octanol–water partition coefficient (Wildman–Crippen LogP) is 1.89. The summed E-state index contributed by atoms with van der Waals surface area (Å²) in [5, 5.41) is 5.98. The average Bonchev–Trinajstić information content (AvgIpc) is 2.56. The van der Waals surface area contributed by atoms with Crippen LogP contribution >= 0.6 is 0 Å². The third-order valence-electron chi connectivity index (χ3n) is 3.97. The van der Waals surface area contributed by atoms with Gasteiger partial charge in [0.15, 0.2) is 0 Å². The SMILES string of the molecule is CCNC(=O)[C@@H](C)N[C@@H](C)c1ccc(S(=O)(=O)N(CC)CC)cc1. The van der Waals surface area contributed by atoms with Crippen LogP contribution in [0.5, 0.6) is 0 Å². The van der Waals surface area contributed by atoms with Gasteiger partial charge in [0, 0.05) is 25.7 Å². The fourth-order valence-electron chi connectivity index (χ4n) is 2.52. The number of hydrogen-bond acceptors (Lipinski definition) is 4. The van der Waals surface area contributed by atoms with Gasteiger partial charge in [-0.25, -0.2) is 8.42 Å². The summed E-state index contributed by atoms with van der Waals surface area (Å²) in [6, 6.07) is 6.44. The second-order valence-electron chi connectivity index (χ2n) is 5.66. The van der Waals surface area contributed by atoms with E-state index in [9.17, 15) is 13.2 Å². The van der Waals surface area contributed by atoms with E-state index >= 15 is 0 Å². The lowest BCUT2D eigenvalue weighted by Crippen LogP contribution is -2.43. The van der Waals surface area contributed by atoms with Gasteiger partial charge in [0.25, 0.3) is 0 Å². The summed E-state index contributed by atoms with van der Waals surface area (Å²) in [5.41, 5.74) is 0.935. The van der Waals surface area contributed by atoms with E-state index < -0.39 is 10.0 Å². The number of rotatable bonds is 9. The van der Waals surface area contributed by atoms with E-state index in [0.29, 0.717) is 24.5 Å². The van der Waals surface area contributed by atoms with Gasteiger partial charge >= 0.3 is 0 Å². The summed E-state index contributed by atoms with van der Waals surface area (Å²) in [4.78, 5) is 12.1. The van der Waals surface area contributed by atoms with Crippen molar-refractivity contribution in [2.75, 3.05) is 19.6 Å². The molecule has 0 aliphatic heterocycles. The first-order chi connectivity index (χ1) is 11.3. The van der Waals surface area contributed by atoms with Crippen LogP contribution in [0.4, 0.5) is 0 Å². The number of nitrogens with zero attached hydrogens (tertiary/aromatic N) is 1. The fraction of sp³-hybridized carbons (Fsp3) is 0.588. The normalized spacial score (nSPS) is 14.4. The molecular formula is C17H29N3O3S. The summed E-state index contributed by atoms with van der Waals surface area (Å²) < 4.78 is 26.4. The van der Waals surface area contributed by atoms with Gasteiger partial charge in [-0.3, -0.25) is 10.1 Å². The molecule has 0 saturated carbocycles. The first-order valence-corrected chi connectivity index (χ1v) is 9.85. The van der Waals surface area contributed by atoms with Crippen molar-refractivity contribution in [1.82, 2.24) is 14.9 Å². The molecule has 6 nitrogen and oxygen atoms in total. The molecule has 2 N–H and O–H groups in total. The molecule has 1 aromatic carbocycles. The number of carbonyl (C=O) groups excluding carboxylic acids is 1. The Balaban J connectivity index is 2.85. The van der Waals surface area contributed by atoms with Gasteiger partial charge in [0.2, 0.25) is 15.9 Å². The number of likely N-dealkylation sites (N-methyl/N-ethyl adjacent to an activating group) is 1. The first kappa shape index (κ1) is 20.6. The lowest BCUT2D eigenvalue weighted by atomic mass is 10.1. The van der Waals surface area contributed by atoms with E-state index in [2.05, 4.69) is 10.6 Å². The Bertz CT molecular complexity index is 625. The van der Waals surface area contributed by atoms with Crippen molar-refractivity contribution in [2.24, 2.45) is 0 Å². The Morgan fingerprint density at radius 2 is 1.62 bits per heavy atom. The van der Waals surface area contributed by atoms with E-state index in [1.807, 2.05) is 27.7 Å². The number of benzene rings is 1. The molecular weight excluding hydrogens is 326 g/mol. The highest BCUT2D eigenvalue weighted by atomic mass is 32.2. The number of carbonyl (C=O) groups is 1. The zero-order chi connectivity index (χ0) is 18.3. The van der Waals surface area contributed by atoms with Crippen LogP contribution < -0.4 is 10.6 Å². The largest absolute Gasteiger partial charge is 0.355 e. The predicted molar refractivity (Wildman–Crippen MR) is 96.2 cm³/mol. The Kier molecular flexibility index (Phi) is 7.86. The van der Waals surface area contributed by atoms with E-state index in [4.69, 9.17) is 0 Å². The van der Waals surface area contributed by atoms with E-state index in [1.165, 1.54) is 4.31 Å². The zero-order valence-electron chi connectivity index (χ0n) is 15.2. The van der Waals surface area contributed by atoms with Gasteiger partial charge in [0.1, 0.15) is 0 Å². The summed E-state index contributed by atoms with van der Waals surface area (Å²) >= 11 is 0. The van der Waals surface area contributed by atoms with Crippen molar-refractivity contribution in [3.63, 3.8) is 0 Å². The van der Waals surface area contributed by atoms with Gasteiger partial charge in [-0.05, 0) is 38.5 Å². The van der Waals surface area contributed by atoms with Gasteiger partial charge in [-0.2, -0.15) is 4.31 Å². The van der Waals surface area contributed by atoms with E-state index in [-0.39, 0.29) is 18.0 Å². The second-order valence-corrected chi connectivity index (χ2v) is 7.60. The summed E-state index contributed by atoms with van der Waals surface area (Å²) in [6.07, 6.45) is 0. The quantitative estimate of drug-likeness (QED) is 0.709. The maximum atomic E-state index is 12.5. The molecule has 0 aromatic heterocycles. The highest BCUT2D eigenvalue weighted by Gasteiger charge is 2.22. The maximum absolute atomic E-state index is 12.5. The number of nitrogens with one attached hydrogen (secondary N) is 2. The maximum Gasteiger partial charge on any atom is 0.243 e. The van der Waals surface area contributed by atoms with Crippen molar-refractivity contribution in [3.8, 4) is 0 Å². The third-order valence-corrected chi connectivity index (χ3v) is 6.03. The summed E-state index contributed by atoms with van der Waals surface area (Å²) in [7, 11) is -3.44. The number of hydrogen-bond donors (Lipinski definition) is 2. The van der Waals surface area contributed by atoms with Crippen molar-refractivity contribution in [1.29, 1.82) is 0 Å². The van der Waals surface area contributed by atoms with Crippen LogP contribution in [0.25, 0.3) is 0 Å². The minimum atomic E-state index is -3.44. The molecule has 0 spiro atoms. The molecule has 0 fully saturated rings. The van der Waals surface area contributed by atoms with Crippen LogP contribution in [0.1, 0.15) is 46.2 Å². The zero-order valence-corrected chi connectivity index (χ0v) is 16.0. The molecule has 136 valence electrons. The Morgan fingerprint density at radius 3 is 2.08 bits per heavy atom. The van der Waals surface area contributed by atoms with E-state index in [1.54, 1.807) is 31.2 Å². The molecule has 7 heteroatoms. The number of sulfonamides is 1. The second kappa shape index (κ2) is 9.15. The van der Waals surface area contributed by atoms with Crippen molar-refractivity contribution < 1.29 is 13.2 Å². The Hall–Kier alpha value is -1.44. The Morgan fingerprint density at radius 1 is 1.08 bits per heavy atom. The molecule has 1 aromatic rings. The molecule has 2 atom stereocenters. The van der Waals surface area contributed by atoms with Gasteiger partial charge in [-0.1, -0.05) is 26.0 Å². The van der Waals surface area contributed by atoms with E-state index in [0.717, 1.165) is 5.56 Å². The van der Waals surface area contributed by atoms with Crippen LogP contribution in [-0.4, -0.2) is 44.3 Å². The summed E-state index contributed by atoms with van der Waals surface area (Å²) in [5.74, 6) is -0.0509. The molecule has 0 radical (unpaired) electrons. The molecule has 0 aliphatic carbocycles. The van der Waals surface area contributed by atoms with Crippen molar-refractivity contribution in [3.05, 3.63) is 29.8 Å². The minimum Gasteiger partial charge on any atom is -0.355 e. The van der Waals surface area contributed by atoms with Crippen molar-refractivity contribution in [2.45, 2.75) is 51.6 Å².